The first-order valence-corrected chi connectivity index (χ1v) is 8.52. The molecule has 3 aromatic carbocycles. The molecule has 2 heterocycles. The summed E-state index contributed by atoms with van der Waals surface area (Å²) < 4.78 is 25.2. The maximum atomic E-state index is 13.4. The lowest BCUT2D eigenvalue weighted by molar-refractivity contribution is 0.565. The maximum absolute atomic E-state index is 13.4. The van der Waals surface area contributed by atoms with Crippen molar-refractivity contribution in [2.75, 3.05) is 0 Å². The summed E-state index contributed by atoms with van der Waals surface area (Å²) in [6, 6.07) is 22.8. The zero-order valence-electron chi connectivity index (χ0n) is 14.1. The highest BCUT2D eigenvalue weighted by molar-refractivity contribution is 6.10. The SMILES string of the molecule is O=c1oc2ccccc2c2oc(-c3ccccc3)c(-c3ccc(F)cc3)c12. The Bertz CT molecular complexity index is 1330. The molecule has 5 aromatic rings. The summed E-state index contributed by atoms with van der Waals surface area (Å²) in [7, 11) is 0. The molecule has 0 saturated carbocycles. The third-order valence-electron chi connectivity index (χ3n) is 4.62. The molecule has 5 rings (SSSR count). The largest absolute Gasteiger partial charge is 0.454 e. The van der Waals surface area contributed by atoms with Gasteiger partial charge in [0.05, 0.1) is 5.39 Å². The zero-order valence-corrected chi connectivity index (χ0v) is 14.1. The van der Waals surface area contributed by atoms with Gasteiger partial charge < -0.3 is 8.83 Å². The van der Waals surface area contributed by atoms with E-state index in [-0.39, 0.29) is 5.82 Å². The Morgan fingerprint density at radius 1 is 0.704 bits per heavy atom. The lowest BCUT2D eigenvalue weighted by Gasteiger charge is -2.03. The minimum Gasteiger partial charge on any atom is -0.454 e. The van der Waals surface area contributed by atoms with Gasteiger partial charge in [0, 0.05) is 11.1 Å². The van der Waals surface area contributed by atoms with Crippen LogP contribution in [-0.2, 0) is 0 Å². The summed E-state index contributed by atoms with van der Waals surface area (Å²) in [5, 5.41) is 1.08. The first-order chi connectivity index (χ1) is 13.2. The minimum absolute atomic E-state index is 0.342. The van der Waals surface area contributed by atoms with Crippen LogP contribution in [-0.4, -0.2) is 0 Å². The van der Waals surface area contributed by atoms with Crippen LogP contribution in [0, 0.1) is 5.82 Å². The van der Waals surface area contributed by atoms with Crippen LogP contribution in [0.25, 0.3) is 44.4 Å². The molecule has 3 nitrogen and oxygen atoms in total. The monoisotopic (exact) mass is 356 g/mol. The molecule has 0 amide bonds. The molecular formula is C23H13FO3. The molecule has 0 unspecified atom stereocenters. The lowest BCUT2D eigenvalue weighted by Crippen LogP contribution is -1.99. The second-order valence-corrected chi connectivity index (χ2v) is 6.27. The van der Waals surface area contributed by atoms with Crippen molar-refractivity contribution in [3.63, 3.8) is 0 Å². The highest BCUT2D eigenvalue weighted by Crippen LogP contribution is 2.41. The second-order valence-electron chi connectivity index (χ2n) is 6.27. The number of halogens is 1. The molecule has 130 valence electrons. The Labute approximate surface area is 153 Å². The molecule has 0 bridgehead atoms. The first kappa shape index (κ1) is 15.6. The number of hydrogen-bond donors (Lipinski definition) is 0. The third kappa shape index (κ3) is 2.46. The number of hydrogen-bond acceptors (Lipinski definition) is 3. The quantitative estimate of drug-likeness (QED) is 0.364. The van der Waals surface area contributed by atoms with E-state index in [2.05, 4.69) is 0 Å². The van der Waals surface area contributed by atoms with Crippen LogP contribution in [0.3, 0.4) is 0 Å². The van der Waals surface area contributed by atoms with Crippen molar-refractivity contribution in [1.29, 1.82) is 0 Å². The van der Waals surface area contributed by atoms with Crippen LogP contribution in [0.1, 0.15) is 0 Å². The van der Waals surface area contributed by atoms with Crippen molar-refractivity contribution >= 4 is 21.9 Å². The molecule has 0 N–H and O–H groups in total. The number of rotatable bonds is 2. The van der Waals surface area contributed by atoms with E-state index < -0.39 is 5.63 Å². The van der Waals surface area contributed by atoms with E-state index in [1.165, 1.54) is 12.1 Å². The molecule has 0 fully saturated rings. The molecule has 0 atom stereocenters. The van der Waals surface area contributed by atoms with Crippen LogP contribution < -0.4 is 5.63 Å². The molecule has 0 spiro atoms. The Morgan fingerprint density at radius 2 is 1.41 bits per heavy atom. The van der Waals surface area contributed by atoms with E-state index in [0.717, 1.165) is 10.9 Å². The van der Waals surface area contributed by atoms with E-state index in [1.807, 2.05) is 42.5 Å². The summed E-state index contributed by atoms with van der Waals surface area (Å²) in [6.07, 6.45) is 0. The van der Waals surface area contributed by atoms with E-state index in [9.17, 15) is 9.18 Å². The topological polar surface area (TPSA) is 43.4 Å². The average Bonchev–Trinajstić information content (AvgIpc) is 3.11. The zero-order chi connectivity index (χ0) is 18.4. The van der Waals surface area contributed by atoms with Crippen molar-refractivity contribution in [2.45, 2.75) is 0 Å². The maximum Gasteiger partial charge on any atom is 0.348 e. The highest BCUT2D eigenvalue weighted by Gasteiger charge is 2.23. The number of fused-ring (bicyclic) bond motifs is 3. The summed E-state index contributed by atoms with van der Waals surface area (Å²) in [6.45, 7) is 0. The fourth-order valence-electron chi connectivity index (χ4n) is 3.39. The van der Waals surface area contributed by atoms with Crippen molar-refractivity contribution in [1.82, 2.24) is 0 Å². The highest BCUT2D eigenvalue weighted by atomic mass is 19.1. The van der Waals surface area contributed by atoms with Gasteiger partial charge in [-0.1, -0.05) is 54.6 Å². The Hall–Kier alpha value is -3.66. The summed E-state index contributed by atoms with van der Waals surface area (Å²) in [4.78, 5) is 12.8. The van der Waals surface area contributed by atoms with E-state index in [4.69, 9.17) is 8.83 Å². The Balaban J connectivity index is 1.97. The van der Waals surface area contributed by atoms with E-state index in [1.54, 1.807) is 24.3 Å². The summed E-state index contributed by atoms with van der Waals surface area (Å²) >= 11 is 0. The van der Waals surface area contributed by atoms with Gasteiger partial charge in [-0.05, 0) is 29.8 Å². The van der Waals surface area contributed by atoms with Crippen LogP contribution in [0.2, 0.25) is 0 Å². The molecule has 0 saturated heterocycles. The molecule has 0 aliphatic carbocycles. The summed E-state index contributed by atoms with van der Waals surface area (Å²) in [5.41, 5.74) is 2.59. The molecule has 4 heteroatoms. The number of para-hydroxylation sites is 1. The molecule has 2 aromatic heterocycles. The van der Waals surface area contributed by atoms with Crippen molar-refractivity contribution in [3.05, 3.63) is 95.1 Å². The lowest BCUT2D eigenvalue weighted by atomic mass is 9.99. The Kier molecular flexibility index (Phi) is 3.44. The summed E-state index contributed by atoms with van der Waals surface area (Å²) in [5.74, 6) is 0.214. The van der Waals surface area contributed by atoms with Gasteiger partial charge in [0.15, 0.2) is 5.58 Å². The van der Waals surface area contributed by atoms with Gasteiger partial charge in [-0.2, -0.15) is 0 Å². The average molecular weight is 356 g/mol. The Morgan fingerprint density at radius 3 is 2.19 bits per heavy atom. The van der Waals surface area contributed by atoms with Gasteiger partial charge in [-0.25, -0.2) is 9.18 Å². The fourth-order valence-corrected chi connectivity index (χ4v) is 3.39. The first-order valence-electron chi connectivity index (χ1n) is 8.52. The minimum atomic E-state index is -0.478. The third-order valence-corrected chi connectivity index (χ3v) is 4.62. The van der Waals surface area contributed by atoms with Crippen LogP contribution >= 0.6 is 0 Å². The molecular weight excluding hydrogens is 343 g/mol. The predicted molar refractivity (Wildman–Crippen MR) is 103 cm³/mol. The fraction of sp³-hybridized carbons (Fsp3) is 0. The standard InChI is InChI=1S/C23H13FO3/c24-16-12-10-14(11-13-16)19-20-22(27-21(19)15-6-2-1-3-7-15)17-8-4-5-9-18(17)26-23(20)25/h1-13H. The van der Waals surface area contributed by atoms with Gasteiger partial charge in [0.2, 0.25) is 0 Å². The van der Waals surface area contributed by atoms with Crippen molar-refractivity contribution < 1.29 is 13.2 Å². The molecule has 0 aliphatic rings. The van der Waals surface area contributed by atoms with Gasteiger partial charge in [-0.3, -0.25) is 0 Å². The van der Waals surface area contributed by atoms with Gasteiger partial charge in [0.25, 0.3) is 0 Å². The molecule has 27 heavy (non-hydrogen) atoms. The number of benzene rings is 3. The predicted octanol–water partition coefficient (Wildman–Crippen LogP) is 6.01. The van der Waals surface area contributed by atoms with Gasteiger partial charge >= 0.3 is 5.63 Å². The van der Waals surface area contributed by atoms with Crippen LogP contribution in [0.15, 0.2) is 92.5 Å². The van der Waals surface area contributed by atoms with E-state index in [0.29, 0.717) is 33.4 Å². The van der Waals surface area contributed by atoms with E-state index >= 15 is 0 Å². The normalized spacial score (nSPS) is 11.3. The van der Waals surface area contributed by atoms with Crippen molar-refractivity contribution in [2.24, 2.45) is 0 Å². The second kappa shape index (κ2) is 5.95. The smallest absolute Gasteiger partial charge is 0.348 e. The van der Waals surface area contributed by atoms with Gasteiger partial charge in [-0.15, -0.1) is 0 Å². The van der Waals surface area contributed by atoms with Crippen LogP contribution in [0.4, 0.5) is 4.39 Å². The van der Waals surface area contributed by atoms with Crippen molar-refractivity contribution in [3.8, 4) is 22.5 Å². The molecule has 0 aliphatic heterocycles. The van der Waals surface area contributed by atoms with Crippen LogP contribution in [0.5, 0.6) is 0 Å². The van der Waals surface area contributed by atoms with Gasteiger partial charge in [0.1, 0.15) is 22.5 Å². The molecule has 0 radical (unpaired) electrons. The number of furan rings is 1.